The summed E-state index contributed by atoms with van der Waals surface area (Å²) in [6.07, 6.45) is 5.85. The van der Waals surface area contributed by atoms with Gasteiger partial charge in [0.2, 0.25) is 0 Å². The van der Waals surface area contributed by atoms with Gasteiger partial charge in [0.05, 0.1) is 5.52 Å². The minimum atomic E-state index is -0.0512. The summed E-state index contributed by atoms with van der Waals surface area (Å²) in [6.45, 7) is 3.56. The molecule has 0 spiro atoms. The number of aromatic amines is 1. The molecule has 1 amide bonds. The molecule has 6 heteroatoms. The highest BCUT2D eigenvalue weighted by molar-refractivity contribution is 6.05. The first-order valence-electron chi connectivity index (χ1n) is 10.4. The van der Waals surface area contributed by atoms with E-state index in [2.05, 4.69) is 39.0 Å². The molecule has 27 heavy (non-hydrogen) atoms. The third kappa shape index (κ3) is 3.25. The van der Waals surface area contributed by atoms with Crippen LogP contribution in [-0.2, 0) is 4.74 Å². The van der Waals surface area contributed by atoms with Gasteiger partial charge in [-0.3, -0.25) is 9.89 Å². The fraction of sp³-hybridized carbons (Fsp3) is 0.619. The van der Waals surface area contributed by atoms with Crippen molar-refractivity contribution in [1.82, 2.24) is 20.8 Å². The highest BCUT2D eigenvalue weighted by atomic mass is 16.5. The minimum absolute atomic E-state index is 0.0512. The summed E-state index contributed by atoms with van der Waals surface area (Å²) in [5.41, 5.74) is 2.74. The molecule has 3 heterocycles. The molecule has 1 aliphatic carbocycles. The van der Waals surface area contributed by atoms with Crippen LogP contribution in [0.1, 0.15) is 54.1 Å². The van der Waals surface area contributed by atoms with E-state index in [1.165, 1.54) is 24.8 Å². The van der Waals surface area contributed by atoms with Crippen LogP contribution in [0.5, 0.6) is 0 Å². The quantitative estimate of drug-likeness (QED) is 0.778. The number of carbonyl (C=O) groups is 1. The molecule has 5 rings (SSSR count). The molecule has 1 aromatic carbocycles. The van der Waals surface area contributed by atoms with Gasteiger partial charge in [0.15, 0.2) is 5.69 Å². The van der Waals surface area contributed by atoms with E-state index in [1.54, 1.807) is 0 Å². The van der Waals surface area contributed by atoms with Crippen LogP contribution in [0.15, 0.2) is 18.2 Å². The van der Waals surface area contributed by atoms with Crippen molar-refractivity contribution in [2.45, 2.75) is 44.1 Å². The number of carbonyl (C=O) groups excluding carboxylic acids is 1. The Kier molecular flexibility index (Phi) is 4.61. The van der Waals surface area contributed by atoms with E-state index in [4.69, 9.17) is 4.74 Å². The number of hydrogen-bond acceptors (Lipinski definition) is 4. The van der Waals surface area contributed by atoms with Crippen molar-refractivity contribution in [2.75, 3.05) is 26.3 Å². The molecular weight excluding hydrogens is 340 g/mol. The maximum absolute atomic E-state index is 13.0. The molecule has 2 aliphatic heterocycles. The third-order valence-corrected chi connectivity index (χ3v) is 6.86. The van der Waals surface area contributed by atoms with Crippen molar-refractivity contribution in [3.8, 4) is 0 Å². The molecule has 2 aromatic rings. The Balaban J connectivity index is 1.37. The number of aromatic nitrogens is 2. The van der Waals surface area contributed by atoms with Gasteiger partial charge in [-0.1, -0.05) is 6.07 Å². The summed E-state index contributed by atoms with van der Waals surface area (Å²) in [5.74, 6) is 1.84. The van der Waals surface area contributed by atoms with Gasteiger partial charge >= 0.3 is 0 Å². The summed E-state index contributed by atoms with van der Waals surface area (Å²) in [4.78, 5) is 13.0. The van der Waals surface area contributed by atoms with Gasteiger partial charge in [0.25, 0.3) is 5.91 Å². The first-order chi connectivity index (χ1) is 13.3. The number of nitrogens with one attached hydrogen (secondary N) is 3. The summed E-state index contributed by atoms with van der Waals surface area (Å²) in [6, 6.07) is 6.58. The average molecular weight is 368 g/mol. The van der Waals surface area contributed by atoms with Gasteiger partial charge < -0.3 is 15.4 Å². The second-order valence-corrected chi connectivity index (χ2v) is 8.34. The van der Waals surface area contributed by atoms with Gasteiger partial charge in [0.1, 0.15) is 0 Å². The molecule has 1 aromatic heterocycles. The molecule has 0 bridgehead atoms. The van der Waals surface area contributed by atoms with Gasteiger partial charge in [-0.25, -0.2) is 0 Å². The lowest BCUT2D eigenvalue weighted by atomic mass is 9.69. The maximum atomic E-state index is 13.0. The Morgan fingerprint density at radius 3 is 2.85 bits per heavy atom. The molecule has 1 saturated carbocycles. The molecular formula is C21H28N4O2. The predicted molar refractivity (Wildman–Crippen MR) is 104 cm³/mol. The molecule has 3 N–H and O–H groups in total. The second-order valence-electron chi connectivity index (χ2n) is 8.34. The van der Waals surface area contributed by atoms with Crippen molar-refractivity contribution >= 4 is 16.8 Å². The second kappa shape index (κ2) is 7.24. The van der Waals surface area contributed by atoms with Crippen LogP contribution >= 0.6 is 0 Å². The van der Waals surface area contributed by atoms with Crippen LogP contribution in [0, 0.1) is 11.8 Å². The Bertz CT molecular complexity index is 827. The number of H-pyrrole nitrogens is 1. The van der Waals surface area contributed by atoms with Crippen LogP contribution in [-0.4, -0.2) is 48.4 Å². The topological polar surface area (TPSA) is 79.0 Å². The highest BCUT2D eigenvalue weighted by Gasteiger charge is 2.39. The number of hydrogen-bond donors (Lipinski definition) is 3. The maximum Gasteiger partial charge on any atom is 0.272 e. The van der Waals surface area contributed by atoms with Crippen molar-refractivity contribution in [1.29, 1.82) is 0 Å². The molecule has 144 valence electrons. The molecule has 2 saturated heterocycles. The number of rotatable bonds is 3. The minimum Gasteiger partial charge on any atom is -0.381 e. The fourth-order valence-electron chi connectivity index (χ4n) is 5.06. The molecule has 3 unspecified atom stereocenters. The summed E-state index contributed by atoms with van der Waals surface area (Å²) < 4.78 is 5.49. The number of amides is 1. The predicted octanol–water partition coefficient (Wildman–Crippen LogP) is 2.57. The van der Waals surface area contributed by atoms with Gasteiger partial charge in [0, 0.05) is 31.2 Å². The van der Waals surface area contributed by atoms with Crippen LogP contribution in [0.25, 0.3) is 10.9 Å². The highest BCUT2D eigenvalue weighted by Crippen LogP contribution is 2.40. The smallest absolute Gasteiger partial charge is 0.272 e. The summed E-state index contributed by atoms with van der Waals surface area (Å²) in [5, 5.41) is 15.1. The normalized spacial score (nSPS) is 29.0. The molecule has 0 radical (unpaired) electrons. The number of fused-ring (bicyclic) bond motifs is 2. The van der Waals surface area contributed by atoms with Gasteiger partial charge in [-0.05, 0) is 74.1 Å². The monoisotopic (exact) mass is 368 g/mol. The van der Waals surface area contributed by atoms with Gasteiger partial charge in [-0.15, -0.1) is 0 Å². The Labute approximate surface area is 159 Å². The fourth-order valence-corrected chi connectivity index (χ4v) is 5.06. The lowest BCUT2D eigenvalue weighted by molar-refractivity contribution is 0.0842. The SMILES string of the molecule is O=C(NC1CNCCC2CCC21)c1n[nH]c2ccc(C3CCOCC3)cc12. The van der Waals surface area contributed by atoms with E-state index in [0.717, 1.165) is 56.0 Å². The van der Waals surface area contributed by atoms with Crippen molar-refractivity contribution < 1.29 is 9.53 Å². The van der Waals surface area contributed by atoms with Crippen molar-refractivity contribution in [3.05, 3.63) is 29.5 Å². The van der Waals surface area contributed by atoms with Crippen molar-refractivity contribution in [3.63, 3.8) is 0 Å². The molecule has 3 aliphatic rings. The first-order valence-corrected chi connectivity index (χ1v) is 10.4. The standard InChI is InChI=1S/C21H28N4O2/c26-21(23-19-12-22-8-5-14-1-3-16(14)19)20-17-11-15(2-4-18(17)24-25-20)13-6-9-27-10-7-13/h2,4,11,13-14,16,19,22H,1,3,5-10,12H2,(H,23,26)(H,24,25). The summed E-state index contributed by atoms with van der Waals surface area (Å²) >= 11 is 0. The Morgan fingerprint density at radius 1 is 1.15 bits per heavy atom. The number of ether oxygens (including phenoxy) is 1. The summed E-state index contributed by atoms with van der Waals surface area (Å²) in [7, 11) is 0. The Morgan fingerprint density at radius 2 is 2.04 bits per heavy atom. The van der Waals surface area contributed by atoms with E-state index in [0.29, 0.717) is 17.5 Å². The molecule has 3 atom stereocenters. The van der Waals surface area contributed by atoms with Crippen molar-refractivity contribution in [2.24, 2.45) is 11.8 Å². The lowest BCUT2D eigenvalue weighted by Crippen LogP contribution is -2.49. The van der Waals surface area contributed by atoms with Crippen LogP contribution in [0.4, 0.5) is 0 Å². The zero-order chi connectivity index (χ0) is 18.2. The van der Waals surface area contributed by atoms with Crippen LogP contribution in [0.2, 0.25) is 0 Å². The number of benzene rings is 1. The van der Waals surface area contributed by atoms with Gasteiger partial charge in [-0.2, -0.15) is 5.10 Å². The zero-order valence-corrected chi connectivity index (χ0v) is 15.7. The zero-order valence-electron chi connectivity index (χ0n) is 15.7. The van der Waals surface area contributed by atoms with E-state index in [9.17, 15) is 4.79 Å². The Hall–Kier alpha value is -1.92. The number of nitrogens with zero attached hydrogens (tertiary/aromatic N) is 1. The van der Waals surface area contributed by atoms with E-state index in [1.807, 2.05) is 0 Å². The van der Waals surface area contributed by atoms with Crippen LogP contribution < -0.4 is 10.6 Å². The van der Waals surface area contributed by atoms with E-state index < -0.39 is 0 Å². The molecule has 6 nitrogen and oxygen atoms in total. The third-order valence-electron chi connectivity index (χ3n) is 6.86. The molecule has 3 fully saturated rings. The van der Waals surface area contributed by atoms with Crippen LogP contribution in [0.3, 0.4) is 0 Å². The average Bonchev–Trinajstić information content (AvgIpc) is 3.05. The van der Waals surface area contributed by atoms with E-state index >= 15 is 0 Å². The largest absolute Gasteiger partial charge is 0.381 e. The lowest BCUT2D eigenvalue weighted by Gasteiger charge is -2.40. The first kappa shape index (κ1) is 17.2. The van der Waals surface area contributed by atoms with E-state index in [-0.39, 0.29) is 11.9 Å².